The molecule has 0 unspecified atom stereocenters. The number of nitrogens with zero attached hydrogens (tertiary/aromatic N) is 3. The van der Waals surface area contributed by atoms with Crippen LogP contribution in [0.5, 0.6) is 0 Å². The fourth-order valence-electron chi connectivity index (χ4n) is 1.64. The Balaban J connectivity index is 2.18. The van der Waals surface area contributed by atoms with E-state index in [1.54, 1.807) is 13.4 Å². The number of ether oxygens (including phenoxy) is 1. The van der Waals surface area contributed by atoms with Gasteiger partial charge in [0.2, 0.25) is 0 Å². The molecule has 0 aliphatic heterocycles. The van der Waals surface area contributed by atoms with Gasteiger partial charge in [0.25, 0.3) is 0 Å². The lowest BCUT2D eigenvalue weighted by atomic mass is 10.3. The molecule has 0 saturated carbocycles. The molecular formula is C13H24N4O. The molecule has 1 aromatic heterocycles. The van der Waals surface area contributed by atoms with Crippen LogP contribution in [0, 0.1) is 0 Å². The van der Waals surface area contributed by atoms with Crippen molar-refractivity contribution in [1.82, 2.24) is 20.1 Å². The lowest BCUT2D eigenvalue weighted by molar-refractivity contribution is 0.199. The average Bonchev–Trinajstić information content (AvgIpc) is 2.81. The third-order valence-electron chi connectivity index (χ3n) is 2.57. The molecule has 5 nitrogen and oxygen atoms in total. The number of hydrogen-bond acceptors (Lipinski definition) is 4. The highest BCUT2D eigenvalue weighted by Crippen LogP contribution is 2.05. The summed E-state index contributed by atoms with van der Waals surface area (Å²) < 4.78 is 6.92. The summed E-state index contributed by atoms with van der Waals surface area (Å²) in [5.74, 6) is 1.02. The van der Waals surface area contributed by atoms with Crippen molar-refractivity contribution in [1.29, 1.82) is 0 Å². The van der Waals surface area contributed by atoms with Gasteiger partial charge in [-0.15, -0.1) is 0 Å². The van der Waals surface area contributed by atoms with Gasteiger partial charge in [-0.3, -0.25) is 0 Å². The van der Waals surface area contributed by atoms with Gasteiger partial charge in [-0.25, -0.2) is 9.67 Å². The van der Waals surface area contributed by atoms with Crippen LogP contribution in [-0.2, 0) is 11.2 Å². The Labute approximate surface area is 109 Å². The maximum Gasteiger partial charge on any atom is 0.138 e. The van der Waals surface area contributed by atoms with Gasteiger partial charge in [0.05, 0.1) is 6.61 Å². The average molecular weight is 252 g/mol. The van der Waals surface area contributed by atoms with Gasteiger partial charge in [-0.05, 0) is 26.8 Å². The first-order valence-electron chi connectivity index (χ1n) is 6.48. The minimum atomic E-state index is 0.367. The summed E-state index contributed by atoms with van der Waals surface area (Å²) in [5, 5.41) is 7.51. The molecule has 0 aromatic carbocycles. The Morgan fingerprint density at radius 2 is 2.22 bits per heavy atom. The summed E-state index contributed by atoms with van der Waals surface area (Å²) in [6, 6.07) is 0.367. The first-order valence-corrected chi connectivity index (χ1v) is 6.48. The number of nitrogens with one attached hydrogen (secondary N) is 1. The van der Waals surface area contributed by atoms with Crippen LogP contribution in [-0.4, -0.2) is 41.6 Å². The molecule has 1 heterocycles. The summed E-state index contributed by atoms with van der Waals surface area (Å²) in [6.07, 6.45) is 7.82. The van der Waals surface area contributed by atoms with Gasteiger partial charge < -0.3 is 10.1 Å². The van der Waals surface area contributed by atoms with E-state index in [0.717, 1.165) is 38.4 Å². The van der Waals surface area contributed by atoms with E-state index in [9.17, 15) is 0 Å². The van der Waals surface area contributed by atoms with Crippen LogP contribution >= 0.6 is 0 Å². The Bertz CT molecular complexity index is 347. The van der Waals surface area contributed by atoms with Crippen molar-refractivity contribution in [2.75, 3.05) is 26.8 Å². The fourth-order valence-corrected chi connectivity index (χ4v) is 1.64. The Kier molecular flexibility index (Phi) is 7.29. The molecule has 0 fully saturated rings. The molecule has 5 heteroatoms. The van der Waals surface area contributed by atoms with Crippen LogP contribution in [0.4, 0.5) is 0 Å². The van der Waals surface area contributed by atoms with Gasteiger partial charge in [0, 0.05) is 26.1 Å². The molecule has 0 aliphatic carbocycles. The van der Waals surface area contributed by atoms with Crippen molar-refractivity contribution in [3.63, 3.8) is 0 Å². The van der Waals surface area contributed by atoms with Crippen LogP contribution in [0.25, 0.3) is 0 Å². The molecule has 0 spiro atoms. The van der Waals surface area contributed by atoms with Gasteiger partial charge in [-0.2, -0.15) is 5.10 Å². The number of aromatic nitrogens is 3. The van der Waals surface area contributed by atoms with E-state index in [1.165, 1.54) is 0 Å². The number of allylic oxidation sites excluding steroid dienone is 1. The quantitative estimate of drug-likeness (QED) is 0.535. The minimum absolute atomic E-state index is 0.367. The molecule has 1 N–H and O–H groups in total. The van der Waals surface area contributed by atoms with Crippen LogP contribution in [0.2, 0.25) is 0 Å². The molecule has 0 radical (unpaired) electrons. The highest BCUT2D eigenvalue weighted by molar-refractivity contribution is 4.96. The topological polar surface area (TPSA) is 52.0 Å². The van der Waals surface area contributed by atoms with Gasteiger partial charge in [-0.1, -0.05) is 12.2 Å². The molecule has 0 bridgehead atoms. The van der Waals surface area contributed by atoms with Crippen LogP contribution in [0.1, 0.15) is 32.1 Å². The van der Waals surface area contributed by atoms with Crippen LogP contribution in [0.15, 0.2) is 18.5 Å². The molecular weight excluding hydrogens is 228 g/mol. The number of rotatable bonds is 9. The van der Waals surface area contributed by atoms with Crippen LogP contribution in [0.3, 0.4) is 0 Å². The van der Waals surface area contributed by atoms with E-state index in [1.807, 2.05) is 4.68 Å². The van der Waals surface area contributed by atoms with E-state index in [4.69, 9.17) is 4.74 Å². The Morgan fingerprint density at radius 1 is 1.39 bits per heavy atom. The third kappa shape index (κ3) is 5.42. The molecule has 1 aromatic rings. The number of hydrogen-bond donors (Lipinski definition) is 1. The Morgan fingerprint density at radius 3 is 2.94 bits per heavy atom. The SMILES string of the molecule is COCCNCCC=CCc1ncnn1C(C)C. The van der Waals surface area contributed by atoms with E-state index in [0.29, 0.717) is 6.04 Å². The van der Waals surface area contributed by atoms with Crippen molar-refractivity contribution in [3.05, 3.63) is 24.3 Å². The van der Waals surface area contributed by atoms with E-state index < -0.39 is 0 Å². The lowest BCUT2D eigenvalue weighted by Gasteiger charge is -2.07. The van der Waals surface area contributed by atoms with E-state index in [-0.39, 0.29) is 0 Å². The van der Waals surface area contributed by atoms with Crippen molar-refractivity contribution >= 4 is 0 Å². The van der Waals surface area contributed by atoms with Crippen LogP contribution < -0.4 is 5.32 Å². The van der Waals surface area contributed by atoms with Crippen molar-refractivity contribution in [3.8, 4) is 0 Å². The lowest BCUT2D eigenvalue weighted by Crippen LogP contribution is -2.19. The highest BCUT2D eigenvalue weighted by atomic mass is 16.5. The summed E-state index contributed by atoms with van der Waals surface area (Å²) in [6.45, 7) is 6.88. The first-order chi connectivity index (χ1) is 8.75. The van der Waals surface area contributed by atoms with Crippen molar-refractivity contribution in [2.24, 2.45) is 0 Å². The smallest absolute Gasteiger partial charge is 0.138 e. The van der Waals surface area contributed by atoms with Gasteiger partial charge >= 0.3 is 0 Å². The second-order valence-electron chi connectivity index (χ2n) is 4.42. The maximum absolute atomic E-state index is 4.96. The van der Waals surface area contributed by atoms with E-state index in [2.05, 4.69) is 41.4 Å². The standard InChI is InChI=1S/C13H24N4O/c1-12(2)17-13(15-11-16-17)7-5-4-6-8-14-9-10-18-3/h4-5,11-12,14H,6-10H2,1-3H3. The zero-order valence-electron chi connectivity index (χ0n) is 11.6. The molecule has 0 amide bonds. The summed E-state index contributed by atoms with van der Waals surface area (Å²) in [4.78, 5) is 4.26. The zero-order chi connectivity index (χ0) is 13.2. The maximum atomic E-state index is 4.96. The normalized spacial score (nSPS) is 11.8. The van der Waals surface area contributed by atoms with Gasteiger partial charge in [0.15, 0.2) is 0 Å². The second-order valence-corrected chi connectivity index (χ2v) is 4.42. The highest BCUT2D eigenvalue weighted by Gasteiger charge is 2.04. The third-order valence-corrected chi connectivity index (χ3v) is 2.57. The molecule has 1 rings (SSSR count). The fraction of sp³-hybridized carbons (Fsp3) is 0.692. The van der Waals surface area contributed by atoms with Crippen molar-refractivity contribution in [2.45, 2.75) is 32.7 Å². The first kappa shape index (κ1) is 14.9. The second kappa shape index (κ2) is 8.83. The largest absolute Gasteiger partial charge is 0.383 e. The number of methoxy groups -OCH3 is 1. The van der Waals surface area contributed by atoms with E-state index >= 15 is 0 Å². The summed E-state index contributed by atoms with van der Waals surface area (Å²) >= 11 is 0. The monoisotopic (exact) mass is 252 g/mol. The molecule has 0 aliphatic rings. The predicted molar refractivity (Wildman–Crippen MR) is 72.6 cm³/mol. The Hall–Kier alpha value is -1.20. The summed E-state index contributed by atoms with van der Waals surface area (Å²) in [5.41, 5.74) is 0. The van der Waals surface area contributed by atoms with Gasteiger partial charge in [0.1, 0.15) is 12.2 Å². The predicted octanol–water partition coefficient (Wildman–Crippen LogP) is 1.58. The molecule has 18 heavy (non-hydrogen) atoms. The van der Waals surface area contributed by atoms with Crippen molar-refractivity contribution < 1.29 is 4.74 Å². The molecule has 0 saturated heterocycles. The summed E-state index contributed by atoms with van der Waals surface area (Å²) in [7, 11) is 1.71. The molecule has 102 valence electrons. The zero-order valence-corrected chi connectivity index (χ0v) is 11.6. The minimum Gasteiger partial charge on any atom is -0.383 e. The molecule has 0 atom stereocenters.